The molecule has 1 heterocycles. The van der Waals surface area contributed by atoms with Crippen LogP contribution in [0.2, 0.25) is 0 Å². The predicted molar refractivity (Wildman–Crippen MR) is 70.9 cm³/mol. The molecule has 100 valence electrons. The number of hydrazine groups is 1. The minimum Gasteiger partial charge on any atom is -0.378 e. The van der Waals surface area contributed by atoms with Gasteiger partial charge in [0.2, 0.25) is 0 Å². The average Bonchev–Trinajstić information content (AvgIpc) is 2.87. The number of rotatable bonds is 5. The Morgan fingerprint density at radius 1 is 1.44 bits per heavy atom. The van der Waals surface area contributed by atoms with Crippen molar-refractivity contribution in [3.05, 3.63) is 17.6 Å². The molecule has 1 aromatic rings. The Hall–Kier alpha value is -1.20. The van der Waals surface area contributed by atoms with Crippen molar-refractivity contribution < 1.29 is 4.74 Å². The van der Waals surface area contributed by atoms with Gasteiger partial charge in [0, 0.05) is 19.1 Å². The Balaban J connectivity index is 2.18. The standard InChI is InChI=1S/C13H22N4O/c1-3-9-4-5-10(6-9)13-15-11(8-18-2)7-12(16-13)17-14/h7,9-10H,3-6,8,14H2,1-2H3,(H,15,16,17). The van der Waals surface area contributed by atoms with Crippen LogP contribution in [0, 0.1) is 5.92 Å². The van der Waals surface area contributed by atoms with Crippen molar-refractivity contribution >= 4 is 5.82 Å². The number of methoxy groups -OCH3 is 1. The summed E-state index contributed by atoms with van der Waals surface area (Å²) < 4.78 is 5.13. The molecule has 1 aliphatic carbocycles. The molecule has 0 amide bonds. The molecule has 0 bridgehead atoms. The van der Waals surface area contributed by atoms with Crippen molar-refractivity contribution in [3.8, 4) is 0 Å². The minimum absolute atomic E-state index is 0.471. The normalized spacial score (nSPS) is 23.3. The van der Waals surface area contributed by atoms with Gasteiger partial charge in [-0.25, -0.2) is 15.8 Å². The summed E-state index contributed by atoms with van der Waals surface area (Å²) in [4.78, 5) is 9.07. The molecular formula is C13H22N4O. The first kappa shape index (κ1) is 13.2. The lowest BCUT2D eigenvalue weighted by atomic mass is 10.0. The molecule has 0 aliphatic heterocycles. The van der Waals surface area contributed by atoms with E-state index < -0.39 is 0 Å². The summed E-state index contributed by atoms with van der Waals surface area (Å²) in [5.41, 5.74) is 3.49. The van der Waals surface area contributed by atoms with E-state index in [2.05, 4.69) is 22.3 Å². The molecular weight excluding hydrogens is 228 g/mol. The van der Waals surface area contributed by atoms with Gasteiger partial charge in [0.25, 0.3) is 0 Å². The second kappa shape index (κ2) is 6.11. The van der Waals surface area contributed by atoms with E-state index in [1.807, 2.05) is 6.07 Å². The number of hydrogen-bond donors (Lipinski definition) is 2. The van der Waals surface area contributed by atoms with Crippen molar-refractivity contribution in [1.82, 2.24) is 9.97 Å². The van der Waals surface area contributed by atoms with Gasteiger partial charge in [-0.05, 0) is 25.2 Å². The second-order valence-corrected chi connectivity index (χ2v) is 4.96. The van der Waals surface area contributed by atoms with E-state index in [9.17, 15) is 0 Å². The van der Waals surface area contributed by atoms with Crippen LogP contribution in [-0.4, -0.2) is 17.1 Å². The molecule has 1 aliphatic rings. The summed E-state index contributed by atoms with van der Waals surface area (Å²) in [6, 6.07) is 1.83. The highest BCUT2D eigenvalue weighted by molar-refractivity contribution is 5.35. The Bertz CT molecular complexity index is 397. The lowest BCUT2D eigenvalue weighted by Crippen LogP contribution is -2.13. The summed E-state index contributed by atoms with van der Waals surface area (Å²) in [5.74, 6) is 8.33. The lowest BCUT2D eigenvalue weighted by Gasteiger charge is -2.12. The number of hydrogen-bond acceptors (Lipinski definition) is 5. The number of nitrogens with zero attached hydrogens (tertiary/aromatic N) is 2. The van der Waals surface area contributed by atoms with Gasteiger partial charge in [-0.1, -0.05) is 13.3 Å². The quantitative estimate of drug-likeness (QED) is 0.619. The van der Waals surface area contributed by atoms with Gasteiger partial charge in [-0.2, -0.15) is 0 Å². The van der Waals surface area contributed by atoms with Gasteiger partial charge in [-0.3, -0.25) is 0 Å². The van der Waals surface area contributed by atoms with E-state index in [0.717, 1.165) is 17.4 Å². The number of nitrogens with one attached hydrogen (secondary N) is 1. The predicted octanol–water partition coefficient (Wildman–Crippen LogP) is 2.20. The molecule has 18 heavy (non-hydrogen) atoms. The fourth-order valence-corrected chi connectivity index (χ4v) is 2.68. The fraction of sp³-hybridized carbons (Fsp3) is 0.692. The number of nitrogen functional groups attached to an aromatic ring is 1. The zero-order chi connectivity index (χ0) is 13.0. The van der Waals surface area contributed by atoms with Crippen LogP contribution in [0.5, 0.6) is 0 Å². The van der Waals surface area contributed by atoms with E-state index in [0.29, 0.717) is 18.3 Å². The van der Waals surface area contributed by atoms with Crippen molar-refractivity contribution in [2.24, 2.45) is 11.8 Å². The summed E-state index contributed by atoms with van der Waals surface area (Å²) in [5, 5.41) is 0. The van der Waals surface area contributed by atoms with E-state index in [1.165, 1.54) is 25.7 Å². The van der Waals surface area contributed by atoms with Crippen molar-refractivity contribution in [3.63, 3.8) is 0 Å². The van der Waals surface area contributed by atoms with Crippen LogP contribution in [-0.2, 0) is 11.3 Å². The maximum Gasteiger partial charge on any atom is 0.144 e. The molecule has 1 aromatic heterocycles. The summed E-state index contributed by atoms with van der Waals surface area (Å²) in [6.45, 7) is 2.75. The first-order valence-corrected chi connectivity index (χ1v) is 6.60. The molecule has 2 rings (SSSR count). The van der Waals surface area contributed by atoms with Crippen LogP contribution in [0.1, 0.15) is 50.0 Å². The van der Waals surface area contributed by atoms with E-state index >= 15 is 0 Å². The molecule has 0 aromatic carbocycles. The lowest BCUT2D eigenvalue weighted by molar-refractivity contribution is 0.181. The molecule has 5 nitrogen and oxygen atoms in total. The Labute approximate surface area is 108 Å². The number of aromatic nitrogens is 2. The third-order valence-corrected chi connectivity index (χ3v) is 3.72. The molecule has 3 N–H and O–H groups in total. The van der Waals surface area contributed by atoms with Crippen LogP contribution < -0.4 is 11.3 Å². The highest BCUT2D eigenvalue weighted by Crippen LogP contribution is 2.38. The van der Waals surface area contributed by atoms with Crippen molar-refractivity contribution in [1.29, 1.82) is 0 Å². The van der Waals surface area contributed by atoms with Crippen LogP contribution in [0.4, 0.5) is 5.82 Å². The molecule has 2 unspecified atom stereocenters. The monoisotopic (exact) mass is 250 g/mol. The topological polar surface area (TPSA) is 73.1 Å². The molecule has 0 saturated heterocycles. The smallest absolute Gasteiger partial charge is 0.144 e. The molecule has 1 fully saturated rings. The third kappa shape index (κ3) is 2.97. The van der Waals surface area contributed by atoms with Crippen molar-refractivity contribution in [2.45, 2.75) is 45.1 Å². The summed E-state index contributed by atoms with van der Waals surface area (Å²) in [7, 11) is 1.67. The molecule has 2 atom stereocenters. The highest BCUT2D eigenvalue weighted by atomic mass is 16.5. The average molecular weight is 250 g/mol. The summed E-state index contributed by atoms with van der Waals surface area (Å²) in [6.07, 6.45) is 4.90. The fourth-order valence-electron chi connectivity index (χ4n) is 2.68. The van der Waals surface area contributed by atoms with Gasteiger partial charge in [-0.15, -0.1) is 0 Å². The molecule has 0 radical (unpaired) electrons. The van der Waals surface area contributed by atoms with Crippen LogP contribution in [0.15, 0.2) is 6.07 Å². The molecule has 1 saturated carbocycles. The second-order valence-electron chi connectivity index (χ2n) is 4.96. The Kier molecular flexibility index (Phi) is 4.49. The van der Waals surface area contributed by atoms with Crippen LogP contribution in [0.25, 0.3) is 0 Å². The van der Waals surface area contributed by atoms with Crippen molar-refractivity contribution in [2.75, 3.05) is 12.5 Å². The van der Waals surface area contributed by atoms with Gasteiger partial charge < -0.3 is 10.2 Å². The van der Waals surface area contributed by atoms with Gasteiger partial charge in [0.15, 0.2) is 0 Å². The maximum absolute atomic E-state index is 5.45. The zero-order valence-corrected chi connectivity index (χ0v) is 11.1. The van der Waals surface area contributed by atoms with Crippen LogP contribution >= 0.6 is 0 Å². The Morgan fingerprint density at radius 2 is 2.28 bits per heavy atom. The van der Waals surface area contributed by atoms with Gasteiger partial charge in [0.1, 0.15) is 11.6 Å². The molecule has 0 spiro atoms. The zero-order valence-electron chi connectivity index (χ0n) is 11.1. The minimum atomic E-state index is 0.471. The van der Waals surface area contributed by atoms with E-state index in [4.69, 9.17) is 10.6 Å². The Morgan fingerprint density at radius 3 is 2.89 bits per heavy atom. The van der Waals surface area contributed by atoms with E-state index in [1.54, 1.807) is 7.11 Å². The number of anilines is 1. The maximum atomic E-state index is 5.45. The largest absolute Gasteiger partial charge is 0.378 e. The van der Waals surface area contributed by atoms with Gasteiger partial charge >= 0.3 is 0 Å². The number of ether oxygens (including phenoxy) is 1. The molecule has 5 heteroatoms. The summed E-state index contributed by atoms with van der Waals surface area (Å²) >= 11 is 0. The first-order chi connectivity index (χ1) is 8.76. The first-order valence-electron chi connectivity index (χ1n) is 6.60. The van der Waals surface area contributed by atoms with E-state index in [-0.39, 0.29) is 0 Å². The third-order valence-electron chi connectivity index (χ3n) is 3.72. The number of nitrogens with two attached hydrogens (primary N) is 1. The van der Waals surface area contributed by atoms with Gasteiger partial charge in [0.05, 0.1) is 12.3 Å². The highest BCUT2D eigenvalue weighted by Gasteiger charge is 2.27. The SMILES string of the molecule is CCC1CCC(c2nc(COC)cc(NN)n2)C1. The van der Waals surface area contributed by atoms with Crippen LogP contribution in [0.3, 0.4) is 0 Å².